The number of hydrogen-bond acceptors (Lipinski definition) is 5. The molecule has 0 atom stereocenters. The summed E-state index contributed by atoms with van der Waals surface area (Å²) in [5.74, 6) is -0.247. The number of nitrogens with one attached hydrogen (secondary N) is 1. The highest BCUT2D eigenvalue weighted by atomic mass is 32.2. The third-order valence-corrected chi connectivity index (χ3v) is 7.73. The van der Waals surface area contributed by atoms with Gasteiger partial charge in [-0.1, -0.05) is 6.07 Å². The molecular weight excluding hydrogens is 376 g/mol. The van der Waals surface area contributed by atoms with Gasteiger partial charge in [0.1, 0.15) is 0 Å². The molecule has 0 bridgehead atoms. The molecule has 0 saturated heterocycles. The summed E-state index contributed by atoms with van der Waals surface area (Å²) in [5.41, 5.74) is 2.06. The molecule has 2 heterocycles. The summed E-state index contributed by atoms with van der Waals surface area (Å²) in [6.45, 7) is 0.448. The first-order valence-corrected chi connectivity index (χ1v) is 9.85. The Labute approximate surface area is 154 Å². The quantitative estimate of drug-likeness (QED) is 0.711. The lowest BCUT2D eigenvalue weighted by atomic mass is 10.1. The van der Waals surface area contributed by atoms with Crippen LogP contribution in [0.2, 0.25) is 0 Å². The molecule has 1 aromatic carbocycles. The van der Waals surface area contributed by atoms with Gasteiger partial charge in [-0.2, -0.15) is 8.78 Å². The van der Waals surface area contributed by atoms with E-state index in [4.69, 9.17) is 0 Å². The van der Waals surface area contributed by atoms with E-state index in [1.165, 1.54) is 6.20 Å². The minimum atomic E-state index is -3.41. The van der Waals surface area contributed by atoms with Crippen molar-refractivity contribution in [2.45, 2.75) is 42.9 Å². The first kappa shape index (κ1) is 17.8. The van der Waals surface area contributed by atoms with Crippen molar-refractivity contribution in [1.82, 2.24) is 15.2 Å². The maximum absolute atomic E-state index is 12.8. The Morgan fingerprint density at radius 2 is 2.00 bits per heavy atom. The summed E-state index contributed by atoms with van der Waals surface area (Å²) in [5, 5.41) is 6.74. The number of aromatic amines is 1. The molecule has 4 rings (SSSR count). The molecule has 6 nitrogen and oxygen atoms in total. The average Bonchev–Trinajstić information content (AvgIpc) is 3.25. The van der Waals surface area contributed by atoms with Crippen LogP contribution in [-0.2, 0) is 9.84 Å². The Morgan fingerprint density at radius 1 is 1.26 bits per heavy atom. The van der Waals surface area contributed by atoms with Gasteiger partial charge in [0.2, 0.25) is 5.88 Å². The Hall–Kier alpha value is -2.55. The van der Waals surface area contributed by atoms with Gasteiger partial charge in [-0.25, -0.2) is 8.42 Å². The van der Waals surface area contributed by atoms with Crippen molar-refractivity contribution in [3.8, 4) is 17.1 Å². The van der Waals surface area contributed by atoms with E-state index in [2.05, 4.69) is 19.9 Å². The van der Waals surface area contributed by atoms with Crippen LogP contribution in [0.25, 0.3) is 22.2 Å². The molecule has 3 aromatic rings. The van der Waals surface area contributed by atoms with Crippen LogP contribution in [0.15, 0.2) is 35.4 Å². The molecule has 0 amide bonds. The number of nitrogens with zero attached hydrogens (tertiary/aromatic N) is 2. The number of pyridine rings is 1. The smallest absolute Gasteiger partial charge is 0.388 e. The van der Waals surface area contributed by atoms with Crippen molar-refractivity contribution in [3.05, 3.63) is 36.0 Å². The highest BCUT2D eigenvalue weighted by molar-refractivity contribution is 7.93. The third kappa shape index (κ3) is 2.86. The summed E-state index contributed by atoms with van der Waals surface area (Å²) >= 11 is 0. The van der Waals surface area contributed by atoms with Gasteiger partial charge in [0.25, 0.3) is 0 Å². The van der Waals surface area contributed by atoms with Crippen molar-refractivity contribution in [2.75, 3.05) is 0 Å². The predicted molar refractivity (Wildman–Crippen MR) is 95.5 cm³/mol. The fourth-order valence-electron chi connectivity index (χ4n) is 3.14. The van der Waals surface area contributed by atoms with Gasteiger partial charge in [-0.3, -0.25) is 10.1 Å². The number of aromatic nitrogens is 3. The van der Waals surface area contributed by atoms with Crippen LogP contribution in [0.1, 0.15) is 25.3 Å². The van der Waals surface area contributed by atoms with Gasteiger partial charge < -0.3 is 4.74 Å². The van der Waals surface area contributed by atoms with Crippen LogP contribution in [-0.4, -0.2) is 35.0 Å². The van der Waals surface area contributed by atoms with Crippen molar-refractivity contribution in [3.63, 3.8) is 0 Å². The number of halogens is 2. The van der Waals surface area contributed by atoms with Crippen molar-refractivity contribution >= 4 is 20.7 Å². The maximum Gasteiger partial charge on any atom is 0.388 e. The number of fused-ring (bicyclic) bond motifs is 1. The zero-order valence-corrected chi connectivity index (χ0v) is 15.5. The summed E-state index contributed by atoms with van der Waals surface area (Å²) < 4.78 is 54.7. The zero-order chi connectivity index (χ0) is 19.4. The number of aryl methyl sites for hydroxylation is 1. The average molecular weight is 393 g/mol. The lowest BCUT2D eigenvalue weighted by molar-refractivity contribution is -0.0518. The molecule has 142 valence electrons. The number of sulfone groups is 1. The first-order valence-electron chi connectivity index (χ1n) is 8.36. The topological polar surface area (TPSA) is 84.9 Å². The van der Waals surface area contributed by atoms with E-state index in [0.717, 1.165) is 0 Å². The molecular formula is C18H17F2N3O3S. The Kier molecular flexibility index (Phi) is 3.95. The van der Waals surface area contributed by atoms with Gasteiger partial charge in [0.15, 0.2) is 9.84 Å². The number of H-pyrrole nitrogens is 1. The zero-order valence-electron chi connectivity index (χ0n) is 14.7. The van der Waals surface area contributed by atoms with E-state index in [9.17, 15) is 17.2 Å². The minimum absolute atomic E-state index is 0.247. The highest BCUT2D eigenvalue weighted by Gasteiger charge is 2.51. The van der Waals surface area contributed by atoms with Gasteiger partial charge in [0, 0.05) is 11.8 Å². The van der Waals surface area contributed by atoms with Crippen molar-refractivity contribution < 1.29 is 21.9 Å². The molecule has 1 aliphatic carbocycles. The SMILES string of the molecule is Cc1cc(-c2nccc3[nH]nc(OC(F)F)c23)ccc1S(=O)(=O)C1(C)CC1. The van der Waals surface area contributed by atoms with Gasteiger partial charge >= 0.3 is 6.61 Å². The monoisotopic (exact) mass is 393 g/mol. The van der Waals surface area contributed by atoms with E-state index in [-0.39, 0.29) is 10.8 Å². The van der Waals surface area contributed by atoms with Gasteiger partial charge in [-0.15, -0.1) is 5.10 Å². The number of benzene rings is 1. The maximum atomic E-state index is 12.8. The Bertz CT molecular complexity index is 1140. The second-order valence-corrected chi connectivity index (χ2v) is 9.36. The molecule has 1 fully saturated rings. The molecule has 1 aliphatic rings. The van der Waals surface area contributed by atoms with Crippen LogP contribution < -0.4 is 4.74 Å². The Morgan fingerprint density at radius 3 is 2.63 bits per heavy atom. The number of alkyl halides is 2. The van der Waals surface area contributed by atoms with Crippen LogP contribution in [0.3, 0.4) is 0 Å². The van der Waals surface area contributed by atoms with Crippen molar-refractivity contribution in [2.24, 2.45) is 0 Å². The molecule has 0 radical (unpaired) electrons. The fourth-order valence-corrected chi connectivity index (χ4v) is 5.04. The first-order chi connectivity index (χ1) is 12.7. The normalized spacial score (nSPS) is 16.0. The van der Waals surface area contributed by atoms with Gasteiger partial charge in [-0.05, 0) is 50.5 Å². The van der Waals surface area contributed by atoms with E-state index in [1.54, 1.807) is 38.1 Å². The predicted octanol–water partition coefficient (Wildman–Crippen LogP) is 3.86. The lowest BCUT2D eigenvalue weighted by Crippen LogP contribution is -2.20. The third-order valence-electron chi connectivity index (χ3n) is 4.98. The molecule has 1 saturated carbocycles. The van der Waals surface area contributed by atoms with Crippen LogP contribution in [0.4, 0.5) is 8.78 Å². The molecule has 1 N–H and O–H groups in total. The molecule has 9 heteroatoms. The summed E-state index contributed by atoms with van der Waals surface area (Å²) in [4.78, 5) is 4.56. The Balaban J connectivity index is 1.83. The largest absolute Gasteiger partial charge is 0.415 e. The van der Waals surface area contributed by atoms with E-state index >= 15 is 0 Å². The second-order valence-electron chi connectivity index (χ2n) is 6.92. The van der Waals surface area contributed by atoms with E-state index in [0.29, 0.717) is 40.6 Å². The molecule has 2 aromatic heterocycles. The molecule has 0 unspecified atom stereocenters. The highest BCUT2D eigenvalue weighted by Crippen LogP contribution is 2.47. The van der Waals surface area contributed by atoms with E-state index < -0.39 is 21.2 Å². The standard InChI is InChI=1S/C18H17F2N3O3S/c1-10-9-11(3-4-13(10)27(24,25)18(2)6-7-18)15-14-12(5-8-21-15)22-23-16(14)26-17(19)20/h3-5,8-9,17H,6-7H2,1-2H3,(H,22,23). The minimum Gasteiger partial charge on any atom is -0.415 e. The molecule has 27 heavy (non-hydrogen) atoms. The lowest BCUT2D eigenvalue weighted by Gasteiger charge is -2.14. The molecule has 0 spiro atoms. The number of hydrogen-bond donors (Lipinski definition) is 1. The van der Waals surface area contributed by atoms with Crippen LogP contribution >= 0.6 is 0 Å². The fraction of sp³-hybridized carbons (Fsp3) is 0.333. The van der Waals surface area contributed by atoms with Crippen molar-refractivity contribution in [1.29, 1.82) is 0 Å². The number of ether oxygens (including phenoxy) is 1. The molecule has 0 aliphatic heterocycles. The van der Waals surface area contributed by atoms with Crippen LogP contribution in [0, 0.1) is 6.92 Å². The summed E-state index contributed by atoms with van der Waals surface area (Å²) in [6, 6.07) is 6.48. The second kappa shape index (κ2) is 5.98. The van der Waals surface area contributed by atoms with Gasteiger partial charge in [0.05, 0.1) is 26.2 Å². The summed E-state index contributed by atoms with van der Waals surface area (Å²) in [6.07, 6.45) is 2.83. The van der Waals surface area contributed by atoms with Crippen LogP contribution in [0.5, 0.6) is 5.88 Å². The van der Waals surface area contributed by atoms with E-state index in [1.807, 2.05) is 0 Å². The number of rotatable bonds is 5. The summed E-state index contributed by atoms with van der Waals surface area (Å²) in [7, 11) is -3.41.